The largest absolute Gasteiger partial charge is 0.465 e. The van der Waals surface area contributed by atoms with E-state index in [9.17, 15) is 4.79 Å². The lowest BCUT2D eigenvalue weighted by Crippen LogP contribution is -2.25. The van der Waals surface area contributed by atoms with Crippen LogP contribution in [0, 0.1) is 0 Å². The molecule has 3 rings (SSSR count). The zero-order chi connectivity index (χ0) is 14.7. The second-order valence-electron chi connectivity index (χ2n) is 5.58. The standard InChI is InChI=1S/C15H22N2O2S2/c1-2-19-14(18)11-6-3-7-12-13(11)17-15(21-12)16-10-5-4-8-20-9-10/h10-11H,2-9H2,1H3,(H,16,17). The van der Waals surface area contributed by atoms with E-state index in [1.807, 2.05) is 18.7 Å². The summed E-state index contributed by atoms with van der Waals surface area (Å²) in [6.07, 6.45) is 5.47. The van der Waals surface area contributed by atoms with Gasteiger partial charge in [0.25, 0.3) is 0 Å². The van der Waals surface area contributed by atoms with Crippen LogP contribution in [0.15, 0.2) is 0 Å². The number of hydrogen-bond donors (Lipinski definition) is 1. The maximum Gasteiger partial charge on any atom is 0.315 e. The topological polar surface area (TPSA) is 51.2 Å². The van der Waals surface area contributed by atoms with Crippen LogP contribution in [0.2, 0.25) is 0 Å². The highest BCUT2D eigenvalue weighted by Gasteiger charge is 2.31. The molecule has 0 spiro atoms. The highest BCUT2D eigenvalue weighted by atomic mass is 32.2. The second-order valence-corrected chi connectivity index (χ2v) is 7.82. The summed E-state index contributed by atoms with van der Waals surface area (Å²) in [7, 11) is 0. The molecule has 0 aromatic carbocycles. The van der Waals surface area contributed by atoms with Crippen molar-refractivity contribution >= 4 is 34.2 Å². The third-order valence-corrected chi connectivity index (χ3v) is 6.29. The number of hydrogen-bond acceptors (Lipinski definition) is 6. The van der Waals surface area contributed by atoms with E-state index in [2.05, 4.69) is 5.32 Å². The first-order chi connectivity index (χ1) is 10.3. The van der Waals surface area contributed by atoms with Crippen molar-refractivity contribution in [1.29, 1.82) is 0 Å². The van der Waals surface area contributed by atoms with Gasteiger partial charge in [-0.1, -0.05) is 0 Å². The number of carbonyl (C=O) groups excluding carboxylic acids is 1. The van der Waals surface area contributed by atoms with E-state index in [0.717, 1.165) is 35.8 Å². The number of nitrogens with zero attached hydrogens (tertiary/aromatic N) is 1. The van der Waals surface area contributed by atoms with Crippen molar-refractivity contribution in [2.45, 2.75) is 51.0 Å². The fraction of sp³-hybridized carbons (Fsp3) is 0.733. The van der Waals surface area contributed by atoms with E-state index in [1.165, 1.54) is 23.5 Å². The Kier molecular flexibility index (Phi) is 5.06. The molecule has 1 fully saturated rings. The van der Waals surface area contributed by atoms with Crippen LogP contribution in [0.3, 0.4) is 0 Å². The van der Waals surface area contributed by atoms with Gasteiger partial charge in [-0.05, 0) is 44.8 Å². The third kappa shape index (κ3) is 3.54. The van der Waals surface area contributed by atoms with Gasteiger partial charge in [0.15, 0.2) is 5.13 Å². The number of anilines is 1. The fourth-order valence-corrected chi connectivity index (χ4v) is 5.20. The van der Waals surface area contributed by atoms with Gasteiger partial charge in [0, 0.05) is 16.7 Å². The Labute approximate surface area is 134 Å². The molecule has 2 heterocycles. The van der Waals surface area contributed by atoms with E-state index in [1.54, 1.807) is 11.3 Å². The van der Waals surface area contributed by atoms with Crippen molar-refractivity contribution in [2.24, 2.45) is 0 Å². The highest BCUT2D eigenvalue weighted by molar-refractivity contribution is 7.99. The SMILES string of the molecule is CCOC(=O)C1CCCc2sc(NC3CCCSC3)nc21. The van der Waals surface area contributed by atoms with E-state index < -0.39 is 0 Å². The van der Waals surface area contributed by atoms with Gasteiger partial charge in [0.1, 0.15) is 5.92 Å². The molecule has 2 atom stereocenters. The van der Waals surface area contributed by atoms with Gasteiger partial charge < -0.3 is 10.1 Å². The molecule has 1 saturated heterocycles. The number of esters is 1. The molecule has 2 aliphatic rings. The monoisotopic (exact) mass is 326 g/mol. The van der Waals surface area contributed by atoms with E-state index in [0.29, 0.717) is 12.6 Å². The number of fused-ring (bicyclic) bond motifs is 1. The molecule has 6 heteroatoms. The molecule has 2 unspecified atom stereocenters. The number of ether oxygens (including phenoxy) is 1. The zero-order valence-electron chi connectivity index (χ0n) is 12.4. The number of aryl methyl sites for hydroxylation is 1. The Balaban J connectivity index is 1.72. The van der Waals surface area contributed by atoms with Gasteiger partial charge in [-0.25, -0.2) is 4.98 Å². The molecule has 0 saturated carbocycles. The quantitative estimate of drug-likeness (QED) is 0.859. The number of rotatable bonds is 4. The zero-order valence-corrected chi connectivity index (χ0v) is 14.0. The van der Waals surface area contributed by atoms with E-state index in [-0.39, 0.29) is 11.9 Å². The molecule has 1 aliphatic heterocycles. The lowest BCUT2D eigenvalue weighted by Gasteiger charge is -2.21. The summed E-state index contributed by atoms with van der Waals surface area (Å²) in [4.78, 5) is 18.1. The van der Waals surface area contributed by atoms with Crippen LogP contribution in [0.25, 0.3) is 0 Å². The molecule has 21 heavy (non-hydrogen) atoms. The maximum absolute atomic E-state index is 12.1. The summed E-state index contributed by atoms with van der Waals surface area (Å²) in [5.41, 5.74) is 0.968. The molecule has 1 aromatic heterocycles. The Bertz CT molecular complexity index is 498. The second kappa shape index (κ2) is 7.01. The lowest BCUT2D eigenvalue weighted by atomic mass is 9.91. The lowest BCUT2D eigenvalue weighted by molar-refractivity contribution is -0.145. The highest BCUT2D eigenvalue weighted by Crippen LogP contribution is 2.38. The number of nitrogens with one attached hydrogen (secondary N) is 1. The van der Waals surface area contributed by atoms with Gasteiger partial charge in [0.2, 0.25) is 0 Å². The molecule has 116 valence electrons. The predicted molar refractivity (Wildman–Crippen MR) is 88.4 cm³/mol. The minimum absolute atomic E-state index is 0.108. The van der Waals surface area contributed by atoms with Crippen LogP contribution in [0.1, 0.15) is 49.1 Å². The average molecular weight is 326 g/mol. The van der Waals surface area contributed by atoms with Gasteiger partial charge in [-0.3, -0.25) is 4.79 Å². The third-order valence-electron chi connectivity index (χ3n) is 4.01. The summed E-state index contributed by atoms with van der Waals surface area (Å²) in [5.74, 6) is 2.17. The number of aromatic nitrogens is 1. The normalized spacial score (nSPS) is 25.2. The van der Waals surface area contributed by atoms with Crippen molar-refractivity contribution in [2.75, 3.05) is 23.4 Å². The minimum Gasteiger partial charge on any atom is -0.465 e. The van der Waals surface area contributed by atoms with Crippen molar-refractivity contribution in [3.63, 3.8) is 0 Å². The van der Waals surface area contributed by atoms with Crippen molar-refractivity contribution < 1.29 is 9.53 Å². The molecular formula is C15H22N2O2S2. The van der Waals surface area contributed by atoms with Gasteiger partial charge in [0.05, 0.1) is 12.3 Å². The predicted octanol–water partition coefficient (Wildman–Crippen LogP) is 3.43. The first-order valence-electron chi connectivity index (χ1n) is 7.78. The molecule has 0 bridgehead atoms. The Morgan fingerprint density at radius 2 is 2.33 bits per heavy atom. The van der Waals surface area contributed by atoms with Crippen LogP contribution in [-0.2, 0) is 16.0 Å². The Morgan fingerprint density at radius 3 is 3.10 bits per heavy atom. The van der Waals surface area contributed by atoms with Gasteiger partial charge in [-0.2, -0.15) is 11.8 Å². The molecule has 0 radical (unpaired) electrons. The molecule has 1 aromatic rings. The minimum atomic E-state index is -0.152. The Morgan fingerprint density at radius 1 is 1.43 bits per heavy atom. The van der Waals surface area contributed by atoms with Crippen LogP contribution in [0.5, 0.6) is 0 Å². The van der Waals surface area contributed by atoms with Crippen LogP contribution in [0.4, 0.5) is 5.13 Å². The first kappa shape index (κ1) is 15.2. The van der Waals surface area contributed by atoms with Crippen LogP contribution in [-0.4, -0.2) is 35.1 Å². The summed E-state index contributed by atoms with van der Waals surface area (Å²) in [6.45, 7) is 2.30. The number of thiazole rings is 1. The van der Waals surface area contributed by atoms with Crippen LogP contribution >= 0.6 is 23.1 Å². The van der Waals surface area contributed by atoms with E-state index in [4.69, 9.17) is 9.72 Å². The molecule has 4 nitrogen and oxygen atoms in total. The summed E-state index contributed by atoms with van der Waals surface area (Å²) < 4.78 is 5.20. The smallest absolute Gasteiger partial charge is 0.315 e. The Hall–Kier alpha value is -0.750. The average Bonchev–Trinajstić information content (AvgIpc) is 2.90. The molecule has 1 N–H and O–H groups in total. The van der Waals surface area contributed by atoms with Crippen molar-refractivity contribution in [1.82, 2.24) is 4.98 Å². The van der Waals surface area contributed by atoms with Crippen molar-refractivity contribution in [3.05, 3.63) is 10.6 Å². The van der Waals surface area contributed by atoms with Crippen molar-refractivity contribution in [3.8, 4) is 0 Å². The molecule has 0 amide bonds. The number of thioether (sulfide) groups is 1. The van der Waals surface area contributed by atoms with Gasteiger partial charge >= 0.3 is 5.97 Å². The van der Waals surface area contributed by atoms with Gasteiger partial charge in [-0.15, -0.1) is 11.3 Å². The van der Waals surface area contributed by atoms with E-state index >= 15 is 0 Å². The fourth-order valence-electron chi connectivity index (χ4n) is 2.98. The summed E-state index contributed by atoms with van der Waals surface area (Å²) in [5, 5.41) is 4.55. The molecule has 1 aliphatic carbocycles. The summed E-state index contributed by atoms with van der Waals surface area (Å²) in [6, 6.07) is 0.525. The first-order valence-corrected chi connectivity index (χ1v) is 9.75. The number of carbonyl (C=O) groups is 1. The summed E-state index contributed by atoms with van der Waals surface area (Å²) >= 11 is 3.74. The molecular weight excluding hydrogens is 304 g/mol. The van der Waals surface area contributed by atoms with Crippen LogP contribution < -0.4 is 5.32 Å². The maximum atomic E-state index is 12.1.